The van der Waals surface area contributed by atoms with Crippen molar-refractivity contribution in [2.75, 3.05) is 19.6 Å². The molecule has 1 heterocycles. The van der Waals surface area contributed by atoms with E-state index in [0.29, 0.717) is 31.3 Å². The van der Waals surface area contributed by atoms with Gasteiger partial charge >= 0.3 is 0 Å². The van der Waals surface area contributed by atoms with Crippen LogP contribution in [-0.2, 0) is 10.0 Å². The zero-order chi connectivity index (χ0) is 13.2. The second-order valence-corrected chi connectivity index (χ2v) is 7.02. The summed E-state index contributed by atoms with van der Waals surface area (Å²) in [6.07, 6.45) is 6.23. The Balaban J connectivity index is 1.92. The molecule has 2 N–H and O–H groups in total. The predicted molar refractivity (Wildman–Crippen MR) is 71.5 cm³/mol. The molecule has 7 heteroatoms. The Hall–Kier alpha value is -0.820. The first kappa shape index (κ1) is 13.6. The minimum Gasteiger partial charge on any atom is -0.343 e. The van der Waals surface area contributed by atoms with Gasteiger partial charge < -0.3 is 5.32 Å². The predicted octanol–water partition coefficient (Wildman–Crippen LogP) is 0.291. The molecule has 0 amide bonds. The largest absolute Gasteiger partial charge is 0.343 e. The van der Waals surface area contributed by atoms with Crippen molar-refractivity contribution >= 4 is 16.0 Å². The van der Waals surface area contributed by atoms with Gasteiger partial charge in [-0.2, -0.15) is 0 Å². The van der Waals surface area contributed by atoms with Crippen molar-refractivity contribution in [3.05, 3.63) is 0 Å². The number of rotatable bonds is 2. The number of aliphatic imine (C=N–C) groups is 1. The summed E-state index contributed by atoms with van der Waals surface area (Å²) in [4.78, 5) is 6.54. The molecule has 1 aliphatic heterocycles. The average Bonchev–Trinajstić information content (AvgIpc) is 2.29. The highest BCUT2D eigenvalue weighted by atomic mass is 32.2. The summed E-state index contributed by atoms with van der Waals surface area (Å²) in [5.41, 5.74) is 0. The van der Waals surface area contributed by atoms with Crippen LogP contribution in [0.5, 0.6) is 0 Å². The first-order valence-electron chi connectivity index (χ1n) is 6.46. The summed E-state index contributed by atoms with van der Waals surface area (Å²) in [6, 6.07) is 0.565. The quantitative estimate of drug-likeness (QED) is 0.759. The Morgan fingerprint density at radius 1 is 1.39 bits per heavy atom. The molecule has 2 rings (SSSR count). The van der Waals surface area contributed by atoms with E-state index in [1.54, 1.807) is 0 Å². The summed E-state index contributed by atoms with van der Waals surface area (Å²) in [5, 5.41) is 3.03. The van der Waals surface area contributed by atoms with E-state index in [1.165, 1.54) is 25.7 Å². The lowest BCUT2D eigenvalue weighted by molar-refractivity contribution is 0.106. The highest BCUT2D eigenvalue weighted by Gasteiger charge is 2.28. The van der Waals surface area contributed by atoms with Gasteiger partial charge in [-0.1, -0.05) is 19.8 Å². The molecule has 2 aliphatic rings. The topological polar surface area (TPSA) is 73.8 Å². The smallest absolute Gasteiger partial charge is 0.232 e. The molecule has 0 aromatic carbocycles. The third-order valence-corrected chi connectivity index (χ3v) is 4.24. The number of nitrogens with zero attached hydrogens (tertiary/aromatic N) is 2. The molecule has 0 bridgehead atoms. The molecule has 18 heavy (non-hydrogen) atoms. The summed E-state index contributed by atoms with van der Waals surface area (Å²) in [5.74, 6) is 1.05. The first-order valence-corrected chi connectivity index (χ1v) is 8.35. The van der Waals surface area contributed by atoms with Crippen molar-refractivity contribution in [1.29, 1.82) is 0 Å². The van der Waals surface area contributed by atoms with Crippen LogP contribution in [0.3, 0.4) is 0 Å². The van der Waals surface area contributed by atoms with E-state index in [1.807, 2.05) is 0 Å². The van der Waals surface area contributed by atoms with E-state index < -0.39 is 10.0 Å². The van der Waals surface area contributed by atoms with Crippen LogP contribution in [0.2, 0.25) is 0 Å². The van der Waals surface area contributed by atoms with Gasteiger partial charge in [-0.15, -0.1) is 0 Å². The molecule has 0 saturated heterocycles. The van der Waals surface area contributed by atoms with Crippen molar-refractivity contribution < 1.29 is 8.42 Å². The third-order valence-electron chi connectivity index (χ3n) is 3.68. The molecule has 1 saturated carbocycles. The van der Waals surface area contributed by atoms with Gasteiger partial charge in [0.1, 0.15) is 0 Å². The van der Waals surface area contributed by atoms with Crippen LogP contribution in [-0.4, -0.2) is 44.9 Å². The molecule has 0 spiro atoms. The fourth-order valence-electron chi connectivity index (χ4n) is 2.75. The summed E-state index contributed by atoms with van der Waals surface area (Å²) < 4.78 is 24.6. The first-order chi connectivity index (χ1) is 8.46. The Morgan fingerprint density at radius 2 is 2.11 bits per heavy atom. The second-order valence-electron chi connectivity index (χ2n) is 5.28. The maximum Gasteiger partial charge on any atom is 0.232 e. The van der Waals surface area contributed by atoms with Crippen LogP contribution in [0.15, 0.2) is 4.99 Å². The Kier molecular flexibility index (Phi) is 4.11. The monoisotopic (exact) mass is 274 g/mol. The number of guanidine groups is 1. The fraction of sp³-hybridized carbons (Fsp3) is 0.909. The van der Waals surface area contributed by atoms with Crippen LogP contribution < -0.4 is 10.0 Å². The molecular formula is C11H22N4O2S. The summed E-state index contributed by atoms with van der Waals surface area (Å²) in [7, 11) is -3.24. The second kappa shape index (κ2) is 5.44. The average molecular weight is 274 g/mol. The number of hydrogen-bond donors (Lipinski definition) is 2. The number of hydrogen-bond acceptors (Lipinski definition) is 5. The molecule has 2 atom stereocenters. The standard InChI is InChI=1S/C11H22N4O2S/c1-9-5-3-4-6-10(9)15-7-12-11(13-8-15)14-18(2,16)17/h9-10H,3-8H2,1-2H3,(H2,12,13,14)/t9-,10+/m1/s1. The van der Waals surface area contributed by atoms with Gasteiger partial charge in [0.25, 0.3) is 0 Å². The molecule has 0 radical (unpaired) electrons. The van der Waals surface area contributed by atoms with Gasteiger partial charge in [-0.05, 0) is 18.8 Å². The van der Waals surface area contributed by atoms with Crippen LogP contribution >= 0.6 is 0 Å². The van der Waals surface area contributed by atoms with E-state index in [4.69, 9.17) is 0 Å². The van der Waals surface area contributed by atoms with Gasteiger partial charge in [0.15, 0.2) is 0 Å². The van der Waals surface area contributed by atoms with Gasteiger partial charge in [0.2, 0.25) is 16.0 Å². The van der Waals surface area contributed by atoms with E-state index in [9.17, 15) is 8.42 Å². The molecule has 1 fully saturated rings. The number of sulfonamides is 1. The van der Waals surface area contributed by atoms with E-state index in [0.717, 1.165) is 6.26 Å². The summed E-state index contributed by atoms with van der Waals surface area (Å²) >= 11 is 0. The Bertz CT molecular complexity index is 421. The van der Waals surface area contributed by atoms with Gasteiger partial charge in [0.05, 0.1) is 19.6 Å². The number of nitrogens with one attached hydrogen (secondary N) is 2. The van der Waals surface area contributed by atoms with Crippen LogP contribution in [0.25, 0.3) is 0 Å². The highest BCUT2D eigenvalue weighted by Crippen LogP contribution is 2.28. The third kappa shape index (κ3) is 3.58. The summed E-state index contributed by atoms with van der Waals surface area (Å²) in [6.45, 7) is 3.52. The molecule has 0 aromatic heterocycles. The minimum atomic E-state index is -3.24. The van der Waals surface area contributed by atoms with Gasteiger partial charge in [-0.3, -0.25) is 9.62 Å². The Morgan fingerprint density at radius 3 is 2.67 bits per heavy atom. The molecule has 0 aromatic rings. The SMILES string of the molecule is C[C@@H]1CCCC[C@@H]1N1CN=C(NS(C)(=O)=O)NC1. The molecule has 1 aliphatic carbocycles. The minimum absolute atomic E-state index is 0.359. The van der Waals surface area contributed by atoms with E-state index in [-0.39, 0.29) is 0 Å². The highest BCUT2D eigenvalue weighted by molar-refractivity contribution is 7.89. The van der Waals surface area contributed by atoms with Crippen molar-refractivity contribution in [3.63, 3.8) is 0 Å². The Labute approximate surface area is 109 Å². The maximum atomic E-state index is 11.1. The van der Waals surface area contributed by atoms with Crippen molar-refractivity contribution in [2.24, 2.45) is 10.9 Å². The van der Waals surface area contributed by atoms with E-state index in [2.05, 4.69) is 26.9 Å². The maximum absolute atomic E-state index is 11.1. The van der Waals surface area contributed by atoms with Gasteiger partial charge in [-0.25, -0.2) is 13.4 Å². The zero-order valence-electron chi connectivity index (χ0n) is 11.0. The molecular weight excluding hydrogens is 252 g/mol. The normalized spacial score (nSPS) is 30.4. The molecule has 0 unspecified atom stereocenters. The lowest BCUT2D eigenvalue weighted by atomic mass is 9.85. The van der Waals surface area contributed by atoms with Crippen LogP contribution in [0, 0.1) is 5.92 Å². The van der Waals surface area contributed by atoms with Gasteiger partial charge in [0, 0.05) is 6.04 Å². The van der Waals surface area contributed by atoms with Crippen molar-refractivity contribution in [1.82, 2.24) is 14.9 Å². The fourth-order valence-corrected chi connectivity index (χ4v) is 3.24. The lowest BCUT2D eigenvalue weighted by Gasteiger charge is -2.39. The lowest BCUT2D eigenvalue weighted by Crippen LogP contribution is -2.54. The van der Waals surface area contributed by atoms with E-state index >= 15 is 0 Å². The van der Waals surface area contributed by atoms with Crippen molar-refractivity contribution in [2.45, 2.75) is 38.6 Å². The molecule has 104 valence electrons. The zero-order valence-corrected chi connectivity index (χ0v) is 11.8. The molecule has 6 nitrogen and oxygen atoms in total. The van der Waals surface area contributed by atoms with Crippen LogP contribution in [0.1, 0.15) is 32.6 Å². The van der Waals surface area contributed by atoms with Crippen molar-refractivity contribution in [3.8, 4) is 0 Å². The van der Waals surface area contributed by atoms with Crippen LogP contribution in [0.4, 0.5) is 0 Å².